The quantitative estimate of drug-likeness (QED) is 0.726. The Bertz CT molecular complexity index is 776. The van der Waals surface area contributed by atoms with Crippen LogP contribution in [0.5, 0.6) is 0 Å². The van der Waals surface area contributed by atoms with Crippen LogP contribution in [0.15, 0.2) is 60.2 Å². The van der Waals surface area contributed by atoms with Crippen LogP contribution < -0.4 is 0 Å². The van der Waals surface area contributed by atoms with Crippen molar-refractivity contribution in [2.24, 2.45) is 0 Å². The van der Waals surface area contributed by atoms with Crippen molar-refractivity contribution in [1.82, 2.24) is 14.9 Å². The fourth-order valence-electron chi connectivity index (χ4n) is 2.92. The van der Waals surface area contributed by atoms with Gasteiger partial charge in [0, 0.05) is 43.0 Å². The lowest BCUT2D eigenvalue weighted by atomic mass is 10.2. The van der Waals surface area contributed by atoms with E-state index in [2.05, 4.69) is 33.5 Å². The summed E-state index contributed by atoms with van der Waals surface area (Å²) in [5.74, 6) is 0. The van der Waals surface area contributed by atoms with Crippen LogP contribution in [0.3, 0.4) is 0 Å². The van der Waals surface area contributed by atoms with Gasteiger partial charge in [-0.2, -0.15) is 0 Å². The molecule has 1 atom stereocenters. The third-order valence-electron chi connectivity index (χ3n) is 4.15. The molecule has 1 aromatic carbocycles. The van der Waals surface area contributed by atoms with Crippen molar-refractivity contribution < 1.29 is 4.74 Å². The fraction of sp³-hybridized carbons (Fsp3) is 0.263. The Morgan fingerprint density at radius 2 is 2.08 bits per heavy atom. The van der Waals surface area contributed by atoms with E-state index in [1.54, 1.807) is 11.3 Å². The largest absolute Gasteiger partial charge is 0.368 e. The Morgan fingerprint density at radius 1 is 1.17 bits per heavy atom. The first-order chi connectivity index (χ1) is 11.9. The molecule has 5 heteroatoms. The van der Waals surface area contributed by atoms with E-state index in [9.17, 15) is 0 Å². The van der Waals surface area contributed by atoms with E-state index in [1.807, 2.05) is 36.7 Å². The summed E-state index contributed by atoms with van der Waals surface area (Å²) in [5.41, 5.74) is 3.42. The van der Waals surface area contributed by atoms with E-state index in [4.69, 9.17) is 9.72 Å². The van der Waals surface area contributed by atoms with Crippen LogP contribution in [0.1, 0.15) is 16.7 Å². The van der Waals surface area contributed by atoms with E-state index >= 15 is 0 Å². The lowest BCUT2D eigenvalue weighted by Gasteiger charge is -2.31. The highest BCUT2D eigenvalue weighted by Crippen LogP contribution is 2.29. The maximum atomic E-state index is 5.97. The number of benzene rings is 1. The number of rotatable bonds is 4. The van der Waals surface area contributed by atoms with Crippen molar-refractivity contribution in [3.63, 3.8) is 0 Å². The van der Waals surface area contributed by atoms with Crippen molar-refractivity contribution >= 4 is 11.3 Å². The molecule has 0 N–H and O–H groups in total. The molecule has 0 bridgehead atoms. The summed E-state index contributed by atoms with van der Waals surface area (Å²) in [6.45, 7) is 3.47. The molecule has 0 aliphatic carbocycles. The Labute approximate surface area is 145 Å². The summed E-state index contributed by atoms with van der Waals surface area (Å²) in [4.78, 5) is 11.4. The average molecular weight is 337 g/mol. The molecule has 24 heavy (non-hydrogen) atoms. The Morgan fingerprint density at radius 3 is 2.92 bits per heavy atom. The molecule has 122 valence electrons. The maximum Gasteiger partial charge on any atom is 0.124 e. The van der Waals surface area contributed by atoms with Gasteiger partial charge in [0.2, 0.25) is 0 Å². The first kappa shape index (κ1) is 15.4. The zero-order valence-corrected chi connectivity index (χ0v) is 14.2. The van der Waals surface area contributed by atoms with E-state index in [0.29, 0.717) is 0 Å². The van der Waals surface area contributed by atoms with Gasteiger partial charge in [0.05, 0.1) is 12.3 Å². The van der Waals surface area contributed by atoms with Gasteiger partial charge in [-0.1, -0.05) is 36.4 Å². The molecule has 3 aromatic rings. The molecule has 4 nitrogen and oxygen atoms in total. The number of hydrogen-bond donors (Lipinski definition) is 0. The normalized spacial score (nSPS) is 18.6. The summed E-state index contributed by atoms with van der Waals surface area (Å²) < 4.78 is 5.97. The second-order valence-corrected chi connectivity index (χ2v) is 6.78. The highest BCUT2D eigenvalue weighted by molar-refractivity contribution is 7.10. The van der Waals surface area contributed by atoms with Crippen LogP contribution in [0.4, 0.5) is 0 Å². The summed E-state index contributed by atoms with van der Waals surface area (Å²) >= 11 is 1.68. The van der Waals surface area contributed by atoms with Crippen LogP contribution in [0.2, 0.25) is 0 Å². The van der Waals surface area contributed by atoms with Crippen LogP contribution in [0, 0.1) is 0 Å². The highest BCUT2D eigenvalue weighted by Gasteiger charge is 2.24. The zero-order chi connectivity index (χ0) is 16.2. The molecule has 1 saturated heterocycles. The lowest BCUT2D eigenvalue weighted by molar-refractivity contribution is -0.0329. The number of pyridine rings is 1. The average Bonchev–Trinajstić information content (AvgIpc) is 3.14. The fourth-order valence-corrected chi connectivity index (χ4v) is 3.79. The minimum atomic E-state index is 0.0536. The predicted octanol–water partition coefficient (Wildman–Crippen LogP) is 3.78. The smallest absolute Gasteiger partial charge is 0.124 e. The molecule has 0 unspecified atom stereocenters. The number of nitrogens with zero attached hydrogens (tertiary/aromatic N) is 3. The van der Waals surface area contributed by atoms with E-state index < -0.39 is 0 Å². The van der Waals surface area contributed by atoms with Crippen molar-refractivity contribution in [3.05, 3.63) is 70.8 Å². The second kappa shape index (κ2) is 7.21. The van der Waals surface area contributed by atoms with Crippen molar-refractivity contribution in [2.45, 2.75) is 12.6 Å². The molecular weight excluding hydrogens is 318 g/mol. The van der Waals surface area contributed by atoms with Crippen molar-refractivity contribution in [2.75, 3.05) is 19.7 Å². The van der Waals surface area contributed by atoms with Crippen LogP contribution in [0.25, 0.3) is 11.3 Å². The van der Waals surface area contributed by atoms with Crippen LogP contribution in [-0.2, 0) is 11.3 Å². The molecule has 0 saturated carbocycles. The number of ether oxygens (including phenoxy) is 1. The molecule has 2 aromatic heterocycles. The Hall–Kier alpha value is -2.08. The Balaban J connectivity index is 1.45. The summed E-state index contributed by atoms with van der Waals surface area (Å²) in [6.07, 6.45) is 3.80. The van der Waals surface area contributed by atoms with Gasteiger partial charge in [-0.3, -0.25) is 9.88 Å². The molecule has 1 aliphatic rings. The standard InChI is InChI=1S/C19H19N3OS/c1-2-6-16(7-3-1)17-14-24-19(21-17)18-13-22(9-10-23-18)12-15-5-4-8-20-11-15/h1-8,11,14,18H,9-10,12-13H2/t18-/m0/s1. The lowest BCUT2D eigenvalue weighted by Crippen LogP contribution is -2.37. The second-order valence-electron chi connectivity index (χ2n) is 5.89. The van der Waals surface area contributed by atoms with Gasteiger partial charge >= 0.3 is 0 Å². The first-order valence-corrected chi connectivity index (χ1v) is 9.00. The number of morpholine rings is 1. The highest BCUT2D eigenvalue weighted by atomic mass is 32.1. The number of aromatic nitrogens is 2. The SMILES string of the molecule is c1ccc(-c2csc([C@@H]3CN(Cc4cccnc4)CCO3)n2)cc1. The first-order valence-electron chi connectivity index (χ1n) is 8.12. The number of hydrogen-bond acceptors (Lipinski definition) is 5. The molecule has 4 rings (SSSR count). The maximum absolute atomic E-state index is 5.97. The topological polar surface area (TPSA) is 38.2 Å². The van der Waals surface area contributed by atoms with E-state index in [1.165, 1.54) is 5.56 Å². The third kappa shape index (κ3) is 3.53. The van der Waals surface area contributed by atoms with Crippen molar-refractivity contribution in [3.8, 4) is 11.3 Å². The monoisotopic (exact) mass is 337 g/mol. The van der Waals surface area contributed by atoms with Gasteiger partial charge in [0.1, 0.15) is 11.1 Å². The van der Waals surface area contributed by atoms with E-state index in [0.717, 1.165) is 42.5 Å². The third-order valence-corrected chi connectivity index (χ3v) is 5.08. The summed E-state index contributed by atoms with van der Waals surface area (Å²) in [7, 11) is 0. The van der Waals surface area contributed by atoms with Crippen molar-refractivity contribution in [1.29, 1.82) is 0 Å². The van der Waals surface area contributed by atoms with E-state index in [-0.39, 0.29) is 6.10 Å². The van der Waals surface area contributed by atoms with Gasteiger partial charge in [-0.25, -0.2) is 4.98 Å². The minimum Gasteiger partial charge on any atom is -0.368 e. The molecule has 0 spiro atoms. The van der Waals surface area contributed by atoms with Gasteiger partial charge < -0.3 is 4.74 Å². The van der Waals surface area contributed by atoms with Gasteiger partial charge in [0.25, 0.3) is 0 Å². The van der Waals surface area contributed by atoms with Gasteiger partial charge in [-0.15, -0.1) is 11.3 Å². The Kier molecular flexibility index (Phi) is 4.64. The molecule has 0 amide bonds. The number of thiazole rings is 1. The minimum absolute atomic E-state index is 0.0536. The zero-order valence-electron chi connectivity index (χ0n) is 13.3. The summed E-state index contributed by atoms with van der Waals surface area (Å²) in [5, 5.41) is 3.18. The molecule has 3 heterocycles. The molecular formula is C19H19N3OS. The molecule has 0 radical (unpaired) electrons. The van der Waals surface area contributed by atoms with Gasteiger partial charge in [-0.05, 0) is 11.6 Å². The summed E-state index contributed by atoms with van der Waals surface area (Å²) in [6, 6.07) is 14.4. The van der Waals surface area contributed by atoms with Gasteiger partial charge in [0.15, 0.2) is 0 Å². The van der Waals surface area contributed by atoms with Crippen LogP contribution >= 0.6 is 11.3 Å². The predicted molar refractivity (Wildman–Crippen MR) is 95.8 cm³/mol. The van der Waals surface area contributed by atoms with Crippen LogP contribution in [-0.4, -0.2) is 34.6 Å². The molecule has 1 aliphatic heterocycles. The molecule has 1 fully saturated rings.